The van der Waals surface area contributed by atoms with Gasteiger partial charge >= 0.3 is 0 Å². The van der Waals surface area contributed by atoms with E-state index in [1.807, 2.05) is 61.1 Å². The summed E-state index contributed by atoms with van der Waals surface area (Å²) in [5.41, 5.74) is 6.14. The molecule has 0 saturated heterocycles. The van der Waals surface area contributed by atoms with E-state index in [-0.39, 0.29) is 17.6 Å². The zero-order chi connectivity index (χ0) is 16.4. The van der Waals surface area contributed by atoms with E-state index in [2.05, 4.69) is 10.5 Å². The van der Waals surface area contributed by atoms with Crippen LogP contribution in [0.4, 0.5) is 0 Å². The lowest BCUT2D eigenvalue weighted by atomic mass is 9.94. The Morgan fingerprint density at radius 3 is 2.70 bits per heavy atom. The number of nitrogens with zero attached hydrogens (tertiary/aromatic N) is 2. The van der Waals surface area contributed by atoms with Crippen molar-refractivity contribution in [2.45, 2.75) is 26.7 Å². The van der Waals surface area contributed by atoms with Gasteiger partial charge in [-0.1, -0.05) is 26.0 Å². The molecule has 3 rings (SSSR count). The molecular weight excluding hydrogens is 290 g/mol. The van der Waals surface area contributed by atoms with Crippen molar-refractivity contribution in [1.29, 1.82) is 0 Å². The zero-order valence-electron chi connectivity index (χ0n) is 13.2. The number of nitrogens with one attached hydrogen (secondary N) is 1. The van der Waals surface area contributed by atoms with E-state index >= 15 is 0 Å². The number of rotatable bonds is 4. The highest BCUT2D eigenvalue weighted by atomic mass is 16.2. The first kappa shape index (κ1) is 15.2. The van der Waals surface area contributed by atoms with Crippen LogP contribution in [0, 0.1) is 5.92 Å². The number of hydrogen-bond acceptors (Lipinski definition) is 3. The Balaban J connectivity index is 1.84. The standard InChI is InChI=1S/C18H19N3O2/c1-3-16(22)14-8-9-21(11-14)15-6-4-13(5-7-15)18-12(2)10-17(23)19-20-18/h4-9,11-12H,3,10H2,1-2H3,(H,19,23). The number of carbonyl (C=O) groups is 2. The molecule has 1 N–H and O–H groups in total. The van der Waals surface area contributed by atoms with E-state index < -0.39 is 0 Å². The molecule has 0 radical (unpaired) electrons. The van der Waals surface area contributed by atoms with Gasteiger partial charge in [0.1, 0.15) is 0 Å². The SMILES string of the molecule is CCC(=O)c1ccn(-c2ccc(C3=NNC(=O)CC3C)cc2)c1. The summed E-state index contributed by atoms with van der Waals surface area (Å²) in [5.74, 6) is 0.204. The third kappa shape index (κ3) is 3.08. The number of ketones is 1. The van der Waals surface area contributed by atoms with Crippen LogP contribution in [-0.2, 0) is 4.79 Å². The summed E-state index contributed by atoms with van der Waals surface area (Å²) < 4.78 is 1.93. The van der Waals surface area contributed by atoms with Crippen LogP contribution in [0.5, 0.6) is 0 Å². The molecule has 1 aromatic heterocycles. The van der Waals surface area contributed by atoms with Crippen molar-refractivity contribution in [1.82, 2.24) is 9.99 Å². The summed E-state index contributed by atoms with van der Waals surface area (Å²) in [6, 6.07) is 9.79. The van der Waals surface area contributed by atoms with Crippen LogP contribution < -0.4 is 5.43 Å². The predicted octanol–water partition coefficient (Wildman–Crippen LogP) is 2.93. The second-order valence-electron chi connectivity index (χ2n) is 5.77. The first-order valence-corrected chi connectivity index (χ1v) is 7.77. The highest BCUT2D eigenvalue weighted by Gasteiger charge is 2.21. The molecule has 0 spiro atoms. The Hall–Kier alpha value is -2.69. The maximum atomic E-state index is 11.7. The van der Waals surface area contributed by atoms with Crippen molar-refractivity contribution in [3.63, 3.8) is 0 Å². The predicted molar refractivity (Wildman–Crippen MR) is 88.9 cm³/mol. The van der Waals surface area contributed by atoms with E-state index in [0.29, 0.717) is 12.8 Å². The van der Waals surface area contributed by atoms with Crippen molar-refractivity contribution < 1.29 is 9.59 Å². The van der Waals surface area contributed by atoms with Crippen LogP contribution >= 0.6 is 0 Å². The van der Waals surface area contributed by atoms with Gasteiger partial charge in [0.15, 0.2) is 5.78 Å². The number of hydrazone groups is 1. The maximum absolute atomic E-state index is 11.7. The molecule has 1 aliphatic heterocycles. The largest absolute Gasteiger partial charge is 0.323 e. The summed E-state index contributed by atoms with van der Waals surface area (Å²) in [6.07, 6.45) is 4.70. The number of Topliss-reactive ketones (excluding diaryl/α,β-unsaturated/α-hetero) is 1. The molecule has 0 saturated carbocycles. The van der Waals surface area contributed by atoms with Crippen molar-refractivity contribution in [2.75, 3.05) is 0 Å². The normalized spacial score (nSPS) is 17.6. The number of amides is 1. The van der Waals surface area contributed by atoms with Gasteiger partial charge in [0, 0.05) is 42.4 Å². The van der Waals surface area contributed by atoms with Crippen LogP contribution in [0.15, 0.2) is 47.8 Å². The fourth-order valence-electron chi connectivity index (χ4n) is 2.73. The van der Waals surface area contributed by atoms with Crippen LogP contribution in [0.25, 0.3) is 5.69 Å². The molecule has 1 amide bonds. The summed E-state index contributed by atoms with van der Waals surface area (Å²) >= 11 is 0. The topological polar surface area (TPSA) is 63.5 Å². The second kappa shape index (κ2) is 6.20. The van der Waals surface area contributed by atoms with Gasteiger partial charge in [0.25, 0.3) is 0 Å². The van der Waals surface area contributed by atoms with Crippen LogP contribution in [-0.4, -0.2) is 22.0 Å². The Morgan fingerprint density at radius 1 is 1.30 bits per heavy atom. The monoisotopic (exact) mass is 309 g/mol. The molecule has 0 aliphatic carbocycles. The molecule has 23 heavy (non-hydrogen) atoms. The number of benzene rings is 1. The van der Waals surface area contributed by atoms with Crippen molar-refractivity contribution in [2.24, 2.45) is 11.0 Å². The Labute approximate surface area is 135 Å². The molecule has 0 fully saturated rings. The van der Waals surface area contributed by atoms with E-state index in [4.69, 9.17) is 0 Å². The molecule has 1 atom stereocenters. The molecule has 2 heterocycles. The van der Waals surface area contributed by atoms with Gasteiger partial charge in [-0.25, -0.2) is 5.43 Å². The average molecular weight is 309 g/mol. The van der Waals surface area contributed by atoms with Gasteiger partial charge in [-0.2, -0.15) is 5.10 Å². The molecular formula is C18H19N3O2. The minimum absolute atomic E-state index is 0.0432. The van der Waals surface area contributed by atoms with Crippen LogP contribution in [0.3, 0.4) is 0 Å². The number of carbonyl (C=O) groups excluding carboxylic acids is 2. The van der Waals surface area contributed by atoms with Gasteiger partial charge in [0.05, 0.1) is 5.71 Å². The molecule has 0 bridgehead atoms. The minimum atomic E-state index is -0.0432. The van der Waals surface area contributed by atoms with Gasteiger partial charge in [-0.05, 0) is 23.8 Å². The van der Waals surface area contributed by atoms with Crippen molar-refractivity contribution >= 4 is 17.4 Å². The zero-order valence-corrected chi connectivity index (χ0v) is 13.2. The summed E-state index contributed by atoms with van der Waals surface area (Å²) in [5, 5.41) is 4.17. The van der Waals surface area contributed by atoms with Gasteiger partial charge in [-0.3, -0.25) is 9.59 Å². The van der Waals surface area contributed by atoms with Crippen LogP contribution in [0.2, 0.25) is 0 Å². The Kier molecular flexibility index (Phi) is 4.10. The Morgan fingerprint density at radius 2 is 2.04 bits per heavy atom. The second-order valence-corrected chi connectivity index (χ2v) is 5.77. The molecule has 1 unspecified atom stereocenters. The maximum Gasteiger partial charge on any atom is 0.240 e. The Bertz CT molecular complexity index is 772. The number of aromatic nitrogens is 1. The van der Waals surface area contributed by atoms with E-state index in [1.54, 1.807) is 0 Å². The number of hydrogen-bond donors (Lipinski definition) is 1. The first-order chi connectivity index (χ1) is 11.1. The average Bonchev–Trinajstić information content (AvgIpc) is 3.04. The highest BCUT2D eigenvalue weighted by molar-refractivity contribution is 6.05. The smallest absolute Gasteiger partial charge is 0.240 e. The molecule has 2 aromatic rings. The molecule has 5 heteroatoms. The molecule has 5 nitrogen and oxygen atoms in total. The van der Waals surface area contributed by atoms with Gasteiger partial charge in [-0.15, -0.1) is 0 Å². The quantitative estimate of drug-likeness (QED) is 0.883. The van der Waals surface area contributed by atoms with Gasteiger partial charge in [0.2, 0.25) is 5.91 Å². The molecule has 1 aliphatic rings. The summed E-state index contributed by atoms with van der Waals surface area (Å²) in [7, 11) is 0. The third-order valence-corrected chi connectivity index (χ3v) is 4.06. The van der Waals surface area contributed by atoms with Crippen LogP contribution in [0.1, 0.15) is 42.6 Å². The lowest BCUT2D eigenvalue weighted by Crippen LogP contribution is -2.31. The fourth-order valence-corrected chi connectivity index (χ4v) is 2.73. The van der Waals surface area contributed by atoms with E-state index in [1.165, 1.54) is 0 Å². The van der Waals surface area contributed by atoms with E-state index in [0.717, 1.165) is 22.5 Å². The van der Waals surface area contributed by atoms with Crippen molar-refractivity contribution in [3.05, 3.63) is 53.9 Å². The first-order valence-electron chi connectivity index (χ1n) is 7.77. The molecule has 1 aromatic carbocycles. The molecule has 118 valence electrons. The fraction of sp³-hybridized carbons (Fsp3) is 0.278. The third-order valence-electron chi connectivity index (χ3n) is 4.06. The lowest BCUT2D eigenvalue weighted by molar-refractivity contribution is -0.121. The summed E-state index contributed by atoms with van der Waals surface area (Å²) in [4.78, 5) is 23.0. The van der Waals surface area contributed by atoms with E-state index in [9.17, 15) is 9.59 Å². The van der Waals surface area contributed by atoms with Gasteiger partial charge < -0.3 is 4.57 Å². The highest BCUT2D eigenvalue weighted by Crippen LogP contribution is 2.19. The lowest BCUT2D eigenvalue weighted by Gasteiger charge is -2.19. The minimum Gasteiger partial charge on any atom is -0.323 e. The summed E-state index contributed by atoms with van der Waals surface area (Å²) in [6.45, 7) is 3.86. The van der Waals surface area contributed by atoms with Crippen molar-refractivity contribution in [3.8, 4) is 5.69 Å².